The number of nitrogens with zero attached hydrogens (tertiary/aromatic N) is 1. The molecule has 0 aliphatic heterocycles. The van der Waals surface area contributed by atoms with E-state index in [9.17, 15) is 9.59 Å². The summed E-state index contributed by atoms with van der Waals surface area (Å²) in [5, 5.41) is 11.6. The molecular weight excluding hydrogens is 360 g/mol. The van der Waals surface area contributed by atoms with Gasteiger partial charge in [-0.25, -0.2) is 9.59 Å². The van der Waals surface area contributed by atoms with Crippen molar-refractivity contribution in [1.82, 2.24) is 10.2 Å². The molecule has 0 aliphatic rings. The highest BCUT2D eigenvalue weighted by molar-refractivity contribution is 5.68. The number of nitrogens with one attached hydrogen (secondary N) is 1. The third kappa shape index (κ3) is 8.09. The lowest BCUT2D eigenvalue weighted by Crippen LogP contribution is -2.39. The van der Waals surface area contributed by atoms with E-state index in [1.54, 1.807) is 0 Å². The number of hydrogen-bond acceptors (Lipinski definition) is 5. The summed E-state index contributed by atoms with van der Waals surface area (Å²) in [4.78, 5) is 25.5. The van der Waals surface area contributed by atoms with Gasteiger partial charge in [-0.3, -0.25) is 0 Å². The van der Waals surface area contributed by atoms with Gasteiger partial charge in [-0.1, -0.05) is 60.7 Å². The molecule has 150 valence electrons. The lowest BCUT2D eigenvalue weighted by Gasteiger charge is -2.22. The molecule has 0 saturated carbocycles. The van der Waals surface area contributed by atoms with Crippen LogP contribution in [-0.4, -0.2) is 48.4 Å². The summed E-state index contributed by atoms with van der Waals surface area (Å²) in [5.74, 6) is 0. The van der Waals surface area contributed by atoms with Gasteiger partial charge in [0.1, 0.15) is 13.2 Å². The van der Waals surface area contributed by atoms with Gasteiger partial charge >= 0.3 is 12.2 Å². The molecule has 7 heteroatoms. The summed E-state index contributed by atoms with van der Waals surface area (Å²) in [6.07, 6.45) is -0.612. The normalized spacial score (nSPS) is 10.2. The van der Waals surface area contributed by atoms with Crippen LogP contribution in [0, 0.1) is 0 Å². The third-order valence-corrected chi connectivity index (χ3v) is 3.91. The Morgan fingerprint density at radius 2 is 1.43 bits per heavy atom. The molecule has 2 aromatic carbocycles. The number of carbonyl (C=O) groups is 2. The van der Waals surface area contributed by atoms with Crippen LogP contribution in [0.1, 0.15) is 17.5 Å². The van der Waals surface area contributed by atoms with Gasteiger partial charge in [0.15, 0.2) is 0 Å². The zero-order chi connectivity index (χ0) is 20.0. The summed E-state index contributed by atoms with van der Waals surface area (Å²) in [6.45, 7) is 1.13. The van der Waals surface area contributed by atoms with Crippen molar-refractivity contribution in [3.8, 4) is 0 Å². The summed E-state index contributed by atoms with van der Waals surface area (Å²) in [6, 6.07) is 18.7. The van der Waals surface area contributed by atoms with Crippen molar-refractivity contribution in [3.63, 3.8) is 0 Å². The van der Waals surface area contributed by atoms with E-state index in [1.807, 2.05) is 60.7 Å². The lowest BCUT2D eigenvalue weighted by molar-refractivity contribution is 0.0926. The minimum Gasteiger partial charge on any atom is -0.445 e. The Labute approximate surface area is 164 Å². The highest BCUT2D eigenvalue weighted by atomic mass is 16.6. The van der Waals surface area contributed by atoms with E-state index in [0.29, 0.717) is 13.0 Å². The third-order valence-electron chi connectivity index (χ3n) is 3.91. The second-order valence-corrected chi connectivity index (χ2v) is 6.09. The van der Waals surface area contributed by atoms with Gasteiger partial charge in [-0.05, 0) is 17.5 Å². The van der Waals surface area contributed by atoms with Crippen molar-refractivity contribution < 1.29 is 24.2 Å². The molecule has 0 bridgehead atoms. The quantitative estimate of drug-likeness (QED) is 0.655. The molecule has 0 unspecified atom stereocenters. The number of carbonyl (C=O) groups excluding carboxylic acids is 2. The zero-order valence-electron chi connectivity index (χ0n) is 15.8. The van der Waals surface area contributed by atoms with Crippen molar-refractivity contribution in [2.75, 3.05) is 26.2 Å². The van der Waals surface area contributed by atoms with Gasteiger partial charge in [0.25, 0.3) is 0 Å². The number of ether oxygens (including phenoxy) is 2. The van der Waals surface area contributed by atoms with Gasteiger partial charge in [-0.2, -0.15) is 0 Å². The first-order chi connectivity index (χ1) is 13.7. The molecule has 2 aromatic rings. The molecule has 0 radical (unpaired) electrons. The predicted octanol–water partition coefficient (Wildman–Crippen LogP) is 2.93. The molecule has 0 heterocycles. The van der Waals surface area contributed by atoms with E-state index in [0.717, 1.165) is 11.1 Å². The summed E-state index contributed by atoms with van der Waals surface area (Å²) < 4.78 is 10.4. The Balaban J connectivity index is 1.72. The average Bonchev–Trinajstić information content (AvgIpc) is 2.74. The maximum absolute atomic E-state index is 12.3. The Kier molecular flexibility index (Phi) is 9.37. The lowest BCUT2D eigenvalue weighted by atomic mass is 10.2. The molecule has 2 N–H and O–H groups in total. The Hall–Kier alpha value is -3.06. The SMILES string of the molecule is O=C(NCCN(CCCO)C(=O)OCc1ccccc1)OCc1ccccc1. The van der Waals surface area contributed by atoms with Crippen molar-refractivity contribution in [2.45, 2.75) is 19.6 Å². The second kappa shape index (κ2) is 12.3. The van der Waals surface area contributed by atoms with E-state index in [-0.39, 0.29) is 32.9 Å². The molecule has 2 rings (SSSR count). The van der Waals surface area contributed by atoms with Crippen LogP contribution >= 0.6 is 0 Å². The Bertz CT molecular complexity index is 709. The Morgan fingerprint density at radius 3 is 2.00 bits per heavy atom. The van der Waals surface area contributed by atoms with Crippen LogP contribution in [0.25, 0.3) is 0 Å². The summed E-state index contributed by atoms with van der Waals surface area (Å²) in [5.41, 5.74) is 1.78. The number of amides is 2. The predicted molar refractivity (Wildman–Crippen MR) is 105 cm³/mol. The van der Waals surface area contributed by atoms with Gasteiger partial charge < -0.3 is 24.8 Å². The van der Waals surface area contributed by atoms with Crippen LogP contribution in [0.3, 0.4) is 0 Å². The fourth-order valence-electron chi connectivity index (χ4n) is 2.43. The number of aliphatic hydroxyl groups is 1. The molecule has 0 fully saturated rings. The van der Waals surface area contributed by atoms with Crippen molar-refractivity contribution >= 4 is 12.2 Å². The molecule has 0 saturated heterocycles. The van der Waals surface area contributed by atoms with Crippen LogP contribution in [0.2, 0.25) is 0 Å². The first-order valence-electron chi connectivity index (χ1n) is 9.20. The Morgan fingerprint density at radius 1 is 0.857 bits per heavy atom. The van der Waals surface area contributed by atoms with E-state index in [1.165, 1.54) is 4.90 Å². The van der Waals surface area contributed by atoms with Crippen molar-refractivity contribution in [2.24, 2.45) is 0 Å². The van der Waals surface area contributed by atoms with Crippen LogP contribution in [-0.2, 0) is 22.7 Å². The minimum atomic E-state index is -0.552. The monoisotopic (exact) mass is 386 g/mol. The van der Waals surface area contributed by atoms with E-state index in [4.69, 9.17) is 14.6 Å². The molecule has 2 amide bonds. The number of benzene rings is 2. The number of alkyl carbamates (subject to hydrolysis) is 1. The highest BCUT2D eigenvalue weighted by Gasteiger charge is 2.15. The minimum absolute atomic E-state index is 0.0327. The first-order valence-corrected chi connectivity index (χ1v) is 9.20. The summed E-state index contributed by atoms with van der Waals surface area (Å²) in [7, 11) is 0. The molecule has 0 spiro atoms. The molecule has 0 aromatic heterocycles. The van der Waals surface area contributed by atoms with Gasteiger partial charge in [0.2, 0.25) is 0 Å². The maximum Gasteiger partial charge on any atom is 0.410 e. The maximum atomic E-state index is 12.3. The molecule has 28 heavy (non-hydrogen) atoms. The zero-order valence-corrected chi connectivity index (χ0v) is 15.8. The van der Waals surface area contributed by atoms with Gasteiger partial charge in [0, 0.05) is 26.2 Å². The van der Waals surface area contributed by atoms with E-state index >= 15 is 0 Å². The number of rotatable bonds is 10. The van der Waals surface area contributed by atoms with E-state index < -0.39 is 12.2 Å². The smallest absolute Gasteiger partial charge is 0.410 e. The average molecular weight is 386 g/mol. The van der Waals surface area contributed by atoms with Crippen LogP contribution in [0.4, 0.5) is 9.59 Å². The van der Waals surface area contributed by atoms with Gasteiger partial charge in [0.05, 0.1) is 0 Å². The largest absolute Gasteiger partial charge is 0.445 e. The number of aliphatic hydroxyl groups excluding tert-OH is 1. The second-order valence-electron chi connectivity index (χ2n) is 6.09. The standard InChI is InChI=1S/C21H26N2O5/c24-15-7-13-23(21(26)28-17-19-10-5-2-6-11-19)14-12-22-20(25)27-16-18-8-3-1-4-9-18/h1-6,8-11,24H,7,12-17H2,(H,22,25). The van der Waals surface area contributed by atoms with Crippen molar-refractivity contribution in [1.29, 1.82) is 0 Å². The fraction of sp³-hybridized carbons (Fsp3) is 0.333. The van der Waals surface area contributed by atoms with Gasteiger partial charge in [-0.15, -0.1) is 0 Å². The van der Waals surface area contributed by atoms with Crippen LogP contribution in [0.15, 0.2) is 60.7 Å². The fourth-order valence-corrected chi connectivity index (χ4v) is 2.43. The summed E-state index contributed by atoms with van der Waals surface area (Å²) >= 11 is 0. The molecule has 0 atom stereocenters. The highest BCUT2D eigenvalue weighted by Crippen LogP contribution is 2.04. The molecule has 0 aliphatic carbocycles. The molecule has 7 nitrogen and oxygen atoms in total. The number of hydrogen-bond donors (Lipinski definition) is 2. The first kappa shape index (κ1) is 21.2. The van der Waals surface area contributed by atoms with Crippen LogP contribution in [0.5, 0.6) is 0 Å². The topological polar surface area (TPSA) is 88.1 Å². The van der Waals surface area contributed by atoms with E-state index in [2.05, 4.69) is 5.32 Å². The van der Waals surface area contributed by atoms with Crippen molar-refractivity contribution in [3.05, 3.63) is 71.8 Å². The molecular formula is C21H26N2O5. The van der Waals surface area contributed by atoms with Crippen LogP contribution < -0.4 is 5.32 Å².